The van der Waals surface area contributed by atoms with Crippen molar-refractivity contribution in [2.75, 3.05) is 6.54 Å². The highest BCUT2D eigenvalue weighted by molar-refractivity contribution is 5.94. The summed E-state index contributed by atoms with van der Waals surface area (Å²) >= 11 is 0. The van der Waals surface area contributed by atoms with Crippen LogP contribution in [0.25, 0.3) is 0 Å². The third-order valence-corrected chi connectivity index (χ3v) is 1.66. The second-order valence-electron chi connectivity index (χ2n) is 2.84. The molecule has 0 aromatic carbocycles. The Kier molecular flexibility index (Phi) is 3.87. The van der Waals surface area contributed by atoms with Crippen LogP contribution in [0.5, 0.6) is 0 Å². The number of alkyl halides is 2. The molecule has 0 bridgehead atoms. The van der Waals surface area contributed by atoms with Gasteiger partial charge in [-0.1, -0.05) is 0 Å². The molecule has 1 amide bonds. The van der Waals surface area contributed by atoms with Gasteiger partial charge in [-0.05, 0) is 12.1 Å². The molecule has 86 valence electrons. The number of aromatic nitrogens is 1. The summed E-state index contributed by atoms with van der Waals surface area (Å²) in [7, 11) is 0. The first kappa shape index (κ1) is 12.0. The van der Waals surface area contributed by atoms with Crippen molar-refractivity contribution in [1.29, 1.82) is 0 Å². The number of amides is 1. The number of nitrogens with one attached hydrogen (secondary N) is 1. The van der Waals surface area contributed by atoms with Crippen LogP contribution in [0.1, 0.15) is 20.8 Å². The lowest BCUT2D eigenvalue weighted by Crippen LogP contribution is -2.28. The third-order valence-electron chi connectivity index (χ3n) is 1.66. The molecule has 0 aliphatic rings. The van der Waals surface area contributed by atoms with Crippen LogP contribution in [0.4, 0.5) is 8.78 Å². The molecule has 7 heteroatoms. The highest BCUT2D eigenvalue weighted by atomic mass is 19.3. The molecule has 16 heavy (non-hydrogen) atoms. The first-order chi connectivity index (χ1) is 7.50. The Morgan fingerprint density at radius 2 is 2.12 bits per heavy atom. The van der Waals surface area contributed by atoms with E-state index in [-0.39, 0.29) is 11.3 Å². The van der Waals surface area contributed by atoms with Crippen molar-refractivity contribution >= 4 is 11.9 Å². The highest BCUT2D eigenvalue weighted by Crippen LogP contribution is 2.00. The maximum Gasteiger partial charge on any atom is 0.354 e. The minimum atomic E-state index is -2.63. The molecule has 0 fully saturated rings. The molecule has 1 rings (SSSR count). The molecule has 0 atom stereocenters. The van der Waals surface area contributed by atoms with Gasteiger partial charge in [0.2, 0.25) is 0 Å². The minimum Gasteiger partial charge on any atom is -0.477 e. The van der Waals surface area contributed by atoms with Crippen LogP contribution in [-0.4, -0.2) is 34.9 Å². The van der Waals surface area contributed by atoms with Crippen LogP contribution >= 0.6 is 0 Å². The van der Waals surface area contributed by atoms with Crippen molar-refractivity contribution in [1.82, 2.24) is 10.3 Å². The van der Waals surface area contributed by atoms with Gasteiger partial charge in [0.15, 0.2) is 0 Å². The van der Waals surface area contributed by atoms with E-state index >= 15 is 0 Å². The summed E-state index contributed by atoms with van der Waals surface area (Å²) in [4.78, 5) is 25.1. The zero-order chi connectivity index (χ0) is 12.1. The van der Waals surface area contributed by atoms with Gasteiger partial charge in [-0.15, -0.1) is 0 Å². The molecular weight excluding hydrogens is 222 g/mol. The third kappa shape index (κ3) is 3.26. The summed E-state index contributed by atoms with van der Waals surface area (Å²) in [6.07, 6.45) is -1.61. The Morgan fingerprint density at radius 1 is 1.44 bits per heavy atom. The number of hydrogen-bond acceptors (Lipinski definition) is 3. The number of carbonyl (C=O) groups is 2. The number of aromatic carboxylic acids is 1. The van der Waals surface area contributed by atoms with Gasteiger partial charge in [0.25, 0.3) is 12.3 Å². The Bertz CT molecular complexity index is 392. The largest absolute Gasteiger partial charge is 0.477 e. The van der Waals surface area contributed by atoms with Crippen LogP contribution in [-0.2, 0) is 0 Å². The standard InChI is InChI=1S/C9H8F2N2O3/c10-7(11)4-13-8(14)5-1-2-6(9(15)16)12-3-5/h1-3,7H,4H2,(H,13,14)(H,15,16). The number of carbonyl (C=O) groups excluding carboxylic acids is 1. The Balaban J connectivity index is 2.67. The zero-order valence-electron chi connectivity index (χ0n) is 7.98. The van der Waals surface area contributed by atoms with Crippen molar-refractivity contribution in [2.45, 2.75) is 6.43 Å². The zero-order valence-corrected chi connectivity index (χ0v) is 7.98. The van der Waals surface area contributed by atoms with E-state index in [0.29, 0.717) is 0 Å². The average Bonchev–Trinajstić information content (AvgIpc) is 2.26. The lowest BCUT2D eigenvalue weighted by molar-refractivity contribution is 0.0689. The summed E-state index contributed by atoms with van der Waals surface area (Å²) in [5.74, 6) is -1.94. The van der Waals surface area contributed by atoms with E-state index in [0.717, 1.165) is 12.3 Å². The van der Waals surface area contributed by atoms with E-state index in [1.54, 1.807) is 0 Å². The number of rotatable bonds is 4. The summed E-state index contributed by atoms with van der Waals surface area (Å²) in [6, 6.07) is 2.33. The Morgan fingerprint density at radius 3 is 2.56 bits per heavy atom. The predicted octanol–water partition coefficient (Wildman–Crippen LogP) is 0.775. The van der Waals surface area contributed by atoms with Gasteiger partial charge >= 0.3 is 5.97 Å². The lowest BCUT2D eigenvalue weighted by Gasteiger charge is -2.03. The first-order valence-corrected chi connectivity index (χ1v) is 4.26. The normalized spacial score (nSPS) is 10.2. The number of pyridine rings is 1. The fraction of sp³-hybridized carbons (Fsp3) is 0.222. The summed E-state index contributed by atoms with van der Waals surface area (Å²) < 4.78 is 23.5. The van der Waals surface area contributed by atoms with E-state index in [1.807, 2.05) is 5.32 Å². The average molecular weight is 230 g/mol. The maximum atomic E-state index is 11.8. The quantitative estimate of drug-likeness (QED) is 0.800. The number of carboxylic acids is 1. The van der Waals surface area contributed by atoms with Crippen LogP contribution in [0.2, 0.25) is 0 Å². The molecule has 0 saturated carbocycles. The van der Waals surface area contributed by atoms with Gasteiger partial charge in [0.1, 0.15) is 5.69 Å². The molecule has 0 aliphatic carbocycles. The van der Waals surface area contributed by atoms with Gasteiger partial charge in [0.05, 0.1) is 12.1 Å². The molecule has 1 aromatic heterocycles. The van der Waals surface area contributed by atoms with Crippen molar-refractivity contribution in [3.8, 4) is 0 Å². The Hall–Kier alpha value is -2.05. The molecule has 2 N–H and O–H groups in total. The van der Waals surface area contributed by atoms with E-state index < -0.39 is 24.8 Å². The molecule has 5 nitrogen and oxygen atoms in total. The first-order valence-electron chi connectivity index (χ1n) is 4.26. The van der Waals surface area contributed by atoms with E-state index in [2.05, 4.69) is 4.98 Å². The van der Waals surface area contributed by atoms with Gasteiger partial charge in [-0.25, -0.2) is 18.6 Å². The molecule has 0 aliphatic heterocycles. The van der Waals surface area contributed by atoms with Gasteiger partial charge in [-0.2, -0.15) is 0 Å². The summed E-state index contributed by atoms with van der Waals surface area (Å²) in [6.45, 7) is -0.750. The molecular formula is C9H8F2N2O3. The molecule has 0 radical (unpaired) electrons. The second kappa shape index (κ2) is 5.15. The minimum absolute atomic E-state index is 0.0330. The van der Waals surface area contributed by atoms with Crippen LogP contribution in [0, 0.1) is 0 Å². The SMILES string of the molecule is O=C(NCC(F)F)c1ccc(C(=O)O)nc1. The van der Waals surface area contributed by atoms with E-state index in [1.165, 1.54) is 6.07 Å². The fourth-order valence-corrected chi connectivity index (χ4v) is 0.927. The van der Waals surface area contributed by atoms with Crippen molar-refractivity contribution in [2.24, 2.45) is 0 Å². The van der Waals surface area contributed by atoms with Crippen molar-refractivity contribution in [3.05, 3.63) is 29.6 Å². The molecule has 0 saturated heterocycles. The van der Waals surface area contributed by atoms with Gasteiger partial charge in [0, 0.05) is 6.20 Å². The maximum absolute atomic E-state index is 11.8. The van der Waals surface area contributed by atoms with Crippen molar-refractivity contribution in [3.63, 3.8) is 0 Å². The van der Waals surface area contributed by atoms with Crippen LogP contribution in [0.3, 0.4) is 0 Å². The predicted molar refractivity (Wildman–Crippen MR) is 49.5 cm³/mol. The van der Waals surface area contributed by atoms with E-state index in [9.17, 15) is 18.4 Å². The molecule has 1 aromatic rings. The summed E-state index contributed by atoms with van der Waals surface area (Å²) in [5, 5.41) is 10.5. The summed E-state index contributed by atoms with van der Waals surface area (Å²) in [5.41, 5.74) is -0.184. The van der Waals surface area contributed by atoms with Crippen LogP contribution in [0.15, 0.2) is 18.3 Å². The highest BCUT2D eigenvalue weighted by Gasteiger charge is 2.10. The number of halogens is 2. The molecule has 0 spiro atoms. The van der Waals surface area contributed by atoms with Gasteiger partial charge in [-0.3, -0.25) is 4.79 Å². The Labute approximate surface area is 89.1 Å². The number of nitrogens with zero attached hydrogens (tertiary/aromatic N) is 1. The van der Waals surface area contributed by atoms with Gasteiger partial charge < -0.3 is 10.4 Å². The van der Waals surface area contributed by atoms with Crippen LogP contribution < -0.4 is 5.32 Å². The lowest BCUT2D eigenvalue weighted by atomic mass is 10.2. The molecule has 1 heterocycles. The number of hydrogen-bond donors (Lipinski definition) is 2. The monoisotopic (exact) mass is 230 g/mol. The topological polar surface area (TPSA) is 79.3 Å². The molecule has 0 unspecified atom stereocenters. The second-order valence-corrected chi connectivity index (χ2v) is 2.84. The fourth-order valence-electron chi connectivity index (χ4n) is 0.927. The smallest absolute Gasteiger partial charge is 0.354 e. The van der Waals surface area contributed by atoms with Crippen molar-refractivity contribution < 1.29 is 23.5 Å². The number of carboxylic acid groups (broad SMARTS) is 1. The van der Waals surface area contributed by atoms with E-state index in [4.69, 9.17) is 5.11 Å².